The number of fused-ring (bicyclic) bond motifs is 1. The number of nitrogens with two attached hydrogens (primary N) is 1. The molecule has 0 aliphatic carbocycles. The van der Waals surface area contributed by atoms with Crippen LogP contribution in [0, 0.1) is 0 Å². The fourth-order valence-electron chi connectivity index (χ4n) is 1.37. The molecule has 74 valence electrons. The molecule has 0 unspecified atom stereocenters. The fourth-order valence-corrected chi connectivity index (χ4v) is 3.34. The molecule has 4 N–H and O–H groups in total. The Bertz CT molecular complexity index is 460. The summed E-state index contributed by atoms with van der Waals surface area (Å²) in [6.45, 7) is 0. The molecule has 0 aromatic carbocycles. The fraction of sp³-hybridized carbons (Fsp3) is 0.222. The van der Waals surface area contributed by atoms with Gasteiger partial charge in [0.1, 0.15) is 0 Å². The van der Waals surface area contributed by atoms with E-state index in [4.69, 9.17) is 10.8 Å². The van der Waals surface area contributed by atoms with E-state index in [1.807, 2.05) is 12.3 Å². The second kappa shape index (κ2) is 3.61. The number of aromatic nitrogens is 1. The first-order valence-electron chi connectivity index (χ1n) is 4.20. The Morgan fingerprint density at radius 1 is 1.71 bits per heavy atom. The Balaban J connectivity index is 2.27. The van der Waals surface area contributed by atoms with Gasteiger partial charge in [0, 0.05) is 0 Å². The Hall–Kier alpha value is -1.03. The number of hydrogen-bond donors (Lipinski definition) is 3. The number of aromatic amines is 1. The summed E-state index contributed by atoms with van der Waals surface area (Å²) >= 11 is 0.336. The topological polar surface area (TPSA) is 79.1 Å². The molecule has 0 spiro atoms. The zero-order chi connectivity index (χ0) is 10.1. The zero-order valence-electron chi connectivity index (χ0n) is 7.36. The molecular formula is C9H10N2O2Se. The maximum atomic E-state index is 10.6. The number of carbonyl (C=O) groups is 1. The van der Waals surface area contributed by atoms with E-state index in [1.165, 1.54) is 4.26 Å². The van der Waals surface area contributed by atoms with Crippen LogP contribution in [0.25, 0.3) is 9.78 Å². The van der Waals surface area contributed by atoms with Crippen LogP contribution in [0.15, 0.2) is 17.2 Å². The van der Waals surface area contributed by atoms with Gasteiger partial charge in [0.15, 0.2) is 0 Å². The molecule has 1 atom stereocenters. The van der Waals surface area contributed by atoms with Gasteiger partial charge in [0.2, 0.25) is 0 Å². The Labute approximate surface area is 86.5 Å². The molecule has 0 bridgehead atoms. The Kier molecular flexibility index (Phi) is 2.46. The van der Waals surface area contributed by atoms with Gasteiger partial charge in [0.25, 0.3) is 0 Å². The third-order valence-electron chi connectivity index (χ3n) is 2.12. The van der Waals surface area contributed by atoms with Crippen molar-refractivity contribution in [3.05, 3.63) is 22.8 Å². The maximum absolute atomic E-state index is 10.6. The van der Waals surface area contributed by atoms with E-state index in [2.05, 4.69) is 9.92 Å². The van der Waals surface area contributed by atoms with Crippen molar-refractivity contribution in [1.82, 2.24) is 4.98 Å². The first kappa shape index (κ1) is 9.52. The third-order valence-corrected chi connectivity index (χ3v) is 4.21. The van der Waals surface area contributed by atoms with Crippen molar-refractivity contribution in [2.24, 2.45) is 5.73 Å². The van der Waals surface area contributed by atoms with Crippen molar-refractivity contribution in [2.75, 3.05) is 0 Å². The average molecular weight is 257 g/mol. The molecule has 2 rings (SSSR count). The van der Waals surface area contributed by atoms with Gasteiger partial charge in [0.05, 0.1) is 0 Å². The molecule has 0 amide bonds. The van der Waals surface area contributed by atoms with E-state index >= 15 is 0 Å². The molecule has 5 heteroatoms. The number of carboxylic acids is 1. The van der Waals surface area contributed by atoms with E-state index < -0.39 is 12.0 Å². The molecule has 2 heterocycles. The number of hydrogen-bond acceptors (Lipinski definition) is 2. The predicted molar refractivity (Wildman–Crippen MR) is 54.6 cm³/mol. The number of nitrogens with one attached hydrogen (secondary N) is 1. The number of aliphatic carboxylic acids is 1. The van der Waals surface area contributed by atoms with Gasteiger partial charge < -0.3 is 0 Å². The SMILES string of the molecule is N[C@@H](Cc1c[se]c2cc[nH]c12)C(=O)O. The van der Waals surface area contributed by atoms with Gasteiger partial charge in [-0.05, 0) is 0 Å². The molecule has 0 radical (unpaired) electrons. The van der Waals surface area contributed by atoms with Crippen LogP contribution in [0.1, 0.15) is 5.56 Å². The summed E-state index contributed by atoms with van der Waals surface area (Å²) in [6.07, 6.45) is 2.29. The summed E-state index contributed by atoms with van der Waals surface area (Å²) in [5.74, 6) is -0.946. The van der Waals surface area contributed by atoms with E-state index in [0.717, 1.165) is 11.1 Å². The number of rotatable bonds is 3. The van der Waals surface area contributed by atoms with Crippen LogP contribution in [0.3, 0.4) is 0 Å². The summed E-state index contributed by atoms with van der Waals surface area (Å²) in [5.41, 5.74) is 7.59. The Morgan fingerprint density at radius 3 is 3.21 bits per heavy atom. The standard InChI is InChI=1S/C9H10N2O2Se/c10-6(9(12)13)3-5-4-14-7-1-2-11-8(5)7/h1-2,4,6,11H,3,10H2,(H,12,13)/t6-/m0/s1. The Morgan fingerprint density at radius 2 is 2.50 bits per heavy atom. The predicted octanol–water partition coefficient (Wildman–Crippen LogP) is 0.179. The van der Waals surface area contributed by atoms with E-state index in [9.17, 15) is 4.79 Å². The van der Waals surface area contributed by atoms with Crippen molar-refractivity contribution in [3.63, 3.8) is 0 Å². The van der Waals surface area contributed by atoms with Crippen LogP contribution >= 0.6 is 0 Å². The second-order valence-electron chi connectivity index (χ2n) is 3.13. The van der Waals surface area contributed by atoms with Gasteiger partial charge in [-0.2, -0.15) is 0 Å². The average Bonchev–Trinajstić information content (AvgIpc) is 2.69. The van der Waals surface area contributed by atoms with Crippen LogP contribution in [-0.4, -0.2) is 36.6 Å². The summed E-state index contributed by atoms with van der Waals surface area (Å²) in [5, 5.41) is 8.68. The zero-order valence-corrected chi connectivity index (χ0v) is 9.07. The number of H-pyrrole nitrogens is 1. The van der Waals surface area contributed by atoms with E-state index in [0.29, 0.717) is 20.9 Å². The summed E-state index contributed by atoms with van der Waals surface area (Å²) in [4.78, 5) is 15.8. The van der Waals surface area contributed by atoms with Gasteiger partial charge in [-0.15, -0.1) is 0 Å². The second-order valence-corrected chi connectivity index (χ2v) is 5.04. The summed E-state index contributed by atoms with van der Waals surface area (Å²) in [7, 11) is 0. The normalized spacial score (nSPS) is 13.2. The van der Waals surface area contributed by atoms with Crippen LogP contribution < -0.4 is 5.73 Å². The van der Waals surface area contributed by atoms with Crippen LogP contribution in [0.2, 0.25) is 0 Å². The van der Waals surface area contributed by atoms with Crippen molar-refractivity contribution >= 4 is 30.2 Å². The molecule has 2 aromatic heterocycles. The molecule has 0 saturated carbocycles. The van der Waals surface area contributed by atoms with Gasteiger partial charge >= 0.3 is 86.1 Å². The quantitative estimate of drug-likeness (QED) is 0.686. The first-order chi connectivity index (χ1) is 6.68. The van der Waals surface area contributed by atoms with Crippen molar-refractivity contribution in [1.29, 1.82) is 0 Å². The minimum absolute atomic E-state index is 0.336. The van der Waals surface area contributed by atoms with Gasteiger partial charge in [-0.3, -0.25) is 0 Å². The third kappa shape index (κ3) is 1.62. The monoisotopic (exact) mass is 258 g/mol. The number of carboxylic acid groups (broad SMARTS) is 1. The molecule has 2 aromatic rings. The van der Waals surface area contributed by atoms with Gasteiger partial charge in [-0.1, -0.05) is 0 Å². The van der Waals surface area contributed by atoms with Gasteiger partial charge in [-0.25, -0.2) is 0 Å². The molecule has 0 aliphatic heterocycles. The van der Waals surface area contributed by atoms with E-state index in [-0.39, 0.29) is 0 Å². The first-order valence-corrected chi connectivity index (χ1v) is 6.05. The van der Waals surface area contributed by atoms with Crippen LogP contribution in [0.5, 0.6) is 0 Å². The minimum atomic E-state index is -0.946. The molecule has 0 saturated heterocycles. The molecule has 0 aliphatic rings. The van der Waals surface area contributed by atoms with Crippen LogP contribution in [-0.2, 0) is 11.2 Å². The molecule has 0 fully saturated rings. The summed E-state index contributed by atoms with van der Waals surface area (Å²) in [6, 6.07) is 1.23. The van der Waals surface area contributed by atoms with E-state index in [1.54, 1.807) is 0 Å². The van der Waals surface area contributed by atoms with Crippen LogP contribution in [0.4, 0.5) is 0 Å². The molecular weight excluding hydrogens is 247 g/mol. The summed E-state index contributed by atoms with van der Waals surface area (Å²) < 4.78 is 1.28. The molecule has 14 heavy (non-hydrogen) atoms. The van der Waals surface area contributed by atoms with Crippen molar-refractivity contribution in [2.45, 2.75) is 12.5 Å². The van der Waals surface area contributed by atoms with Crippen molar-refractivity contribution < 1.29 is 9.90 Å². The van der Waals surface area contributed by atoms with Crippen molar-refractivity contribution in [3.8, 4) is 0 Å². The molecule has 4 nitrogen and oxygen atoms in total.